The lowest BCUT2D eigenvalue weighted by atomic mass is 9.87. The molecule has 2 N–H and O–H groups in total. The normalized spacial score (nSPS) is 15.8. The van der Waals surface area contributed by atoms with E-state index in [4.69, 9.17) is 0 Å². The van der Waals surface area contributed by atoms with E-state index in [1.54, 1.807) is 48.5 Å². The van der Waals surface area contributed by atoms with Crippen molar-refractivity contribution in [3.63, 3.8) is 0 Å². The summed E-state index contributed by atoms with van der Waals surface area (Å²) in [6, 6.07) is 21.3. The Morgan fingerprint density at radius 3 is 2.53 bits per heavy atom. The number of hydrogen-bond donors (Lipinski definition) is 2. The van der Waals surface area contributed by atoms with Crippen molar-refractivity contribution in [3.8, 4) is 0 Å². The minimum atomic E-state index is -3.72. The molecule has 6 heteroatoms. The largest absolute Gasteiger partial charge is 0.345 e. The Kier molecular flexibility index (Phi) is 5.59. The van der Waals surface area contributed by atoms with E-state index in [1.807, 2.05) is 19.1 Å². The van der Waals surface area contributed by atoms with Crippen LogP contribution >= 0.6 is 0 Å². The van der Waals surface area contributed by atoms with Crippen LogP contribution in [-0.4, -0.2) is 14.3 Å². The van der Waals surface area contributed by atoms with Gasteiger partial charge in [-0.3, -0.25) is 9.52 Å². The predicted octanol–water partition coefficient (Wildman–Crippen LogP) is 4.60. The highest BCUT2D eigenvalue weighted by atomic mass is 32.2. The smallest absolute Gasteiger partial charge is 0.261 e. The summed E-state index contributed by atoms with van der Waals surface area (Å²) in [5.41, 5.74) is 4.19. The van der Waals surface area contributed by atoms with Gasteiger partial charge in [0, 0.05) is 11.3 Å². The fourth-order valence-electron chi connectivity index (χ4n) is 3.80. The second-order valence-corrected chi connectivity index (χ2v) is 9.30. The van der Waals surface area contributed by atoms with Gasteiger partial charge in [0.15, 0.2) is 0 Å². The highest BCUT2D eigenvalue weighted by molar-refractivity contribution is 7.92. The number of rotatable bonds is 5. The Labute approximate surface area is 177 Å². The third-order valence-corrected chi connectivity index (χ3v) is 6.78. The molecule has 0 unspecified atom stereocenters. The molecule has 0 saturated heterocycles. The molecular formula is C24H24N2O3S. The topological polar surface area (TPSA) is 75.3 Å². The zero-order valence-electron chi connectivity index (χ0n) is 16.8. The molecule has 3 aromatic carbocycles. The molecule has 0 saturated carbocycles. The number of sulfonamides is 1. The van der Waals surface area contributed by atoms with E-state index in [-0.39, 0.29) is 16.8 Å². The first-order valence-corrected chi connectivity index (χ1v) is 11.5. The zero-order valence-corrected chi connectivity index (χ0v) is 17.6. The Morgan fingerprint density at radius 2 is 1.73 bits per heavy atom. The number of fused-ring (bicyclic) bond motifs is 1. The van der Waals surface area contributed by atoms with Crippen molar-refractivity contribution >= 4 is 21.6 Å². The summed E-state index contributed by atoms with van der Waals surface area (Å²) in [5.74, 6) is -0.215. The minimum absolute atomic E-state index is 0.0321. The predicted molar refractivity (Wildman–Crippen MR) is 118 cm³/mol. The maximum Gasteiger partial charge on any atom is 0.261 e. The number of benzene rings is 3. The Balaban J connectivity index is 1.51. The summed E-state index contributed by atoms with van der Waals surface area (Å²) in [6.07, 6.45) is 2.94. The van der Waals surface area contributed by atoms with Gasteiger partial charge in [-0.15, -0.1) is 0 Å². The van der Waals surface area contributed by atoms with Crippen LogP contribution in [0.15, 0.2) is 77.7 Å². The molecule has 4 rings (SSSR count). The van der Waals surface area contributed by atoms with Crippen LogP contribution in [0.1, 0.15) is 45.9 Å². The average Bonchev–Trinajstić information content (AvgIpc) is 2.74. The summed E-state index contributed by atoms with van der Waals surface area (Å²) < 4.78 is 27.8. The van der Waals surface area contributed by atoms with E-state index >= 15 is 0 Å². The van der Waals surface area contributed by atoms with Crippen LogP contribution < -0.4 is 10.0 Å². The molecule has 1 aliphatic rings. The van der Waals surface area contributed by atoms with Gasteiger partial charge in [0.05, 0.1) is 10.9 Å². The molecule has 0 heterocycles. The molecule has 0 aromatic heterocycles. The summed E-state index contributed by atoms with van der Waals surface area (Å²) in [7, 11) is -3.72. The first-order valence-electron chi connectivity index (χ1n) is 10.0. The number of hydrogen-bond acceptors (Lipinski definition) is 3. The number of nitrogens with one attached hydrogen (secondary N) is 2. The number of carbonyl (C=O) groups is 1. The fourth-order valence-corrected chi connectivity index (χ4v) is 4.85. The van der Waals surface area contributed by atoms with Crippen LogP contribution in [0, 0.1) is 6.92 Å². The molecule has 3 aromatic rings. The number of amides is 1. The maximum absolute atomic E-state index is 12.9. The third kappa shape index (κ3) is 4.39. The molecular weight excluding hydrogens is 396 g/mol. The van der Waals surface area contributed by atoms with E-state index < -0.39 is 10.0 Å². The van der Waals surface area contributed by atoms with Crippen molar-refractivity contribution in [1.29, 1.82) is 0 Å². The minimum Gasteiger partial charge on any atom is -0.345 e. The highest BCUT2D eigenvalue weighted by Gasteiger charge is 2.22. The second-order valence-electron chi connectivity index (χ2n) is 7.62. The number of carbonyl (C=O) groups excluding carboxylic acids is 1. The number of anilines is 1. The summed E-state index contributed by atoms with van der Waals surface area (Å²) in [6.45, 7) is 1.90. The molecule has 30 heavy (non-hydrogen) atoms. The van der Waals surface area contributed by atoms with Gasteiger partial charge in [0.1, 0.15) is 0 Å². The first-order chi connectivity index (χ1) is 14.4. The Hall–Kier alpha value is -3.12. The monoisotopic (exact) mass is 420 g/mol. The van der Waals surface area contributed by atoms with E-state index in [0.717, 1.165) is 30.4 Å². The van der Waals surface area contributed by atoms with E-state index in [2.05, 4.69) is 22.2 Å². The summed E-state index contributed by atoms with van der Waals surface area (Å²) >= 11 is 0. The highest BCUT2D eigenvalue weighted by Crippen LogP contribution is 2.29. The Bertz CT molecular complexity index is 1170. The molecule has 0 radical (unpaired) electrons. The fraction of sp³-hybridized carbons (Fsp3) is 0.208. The van der Waals surface area contributed by atoms with Crippen LogP contribution in [0.5, 0.6) is 0 Å². The third-order valence-electron chi connectivity index (χ3n) is 5.38. The van der Waals surface area contributed by atoms with Gasteiger partial charge in [-0.25, -0.2) is 8.42 Å². The van der Waals surface area contributed by atoms with Crippen molar-refractivity contribution in [2.45, 2.75) is 37.1 Å². The SMILES string of the molecule is Cc1ccc(S(=O)(=O)Nc2cccc(C(=O)N[C@H]3CCCc4ccccc43)c2)cc1. The molecule has 1 amide bonds. The second kappa shape index (κ2) is 8.32. The number of aryl methyl sites for hydroxylation is 2. The first kappa shape index (κ1) is 20.2. The van der Waals surface area contributed by atoms with Crippen molar-refractivity contribution in [2.75, 3.05) is 4.72 Å². The lowest BCUT2D eigenvalue weighted by Crippen LogP contribution is -2.31. The molecule has 5 nitrogen and oxygen atoms in total. The van der Waals surface area contributed by atoms with Crippen LogP contribution in [0.25, 0.3) is 0 Å². The van der Waals surface area contributed by atoms with Gasteiger partial charge in [0.25, 0.3) is 15.9 Å². The van der Waals surface area contributed by atoms with E-state index in [1.165, 1.54) is 5.56 Å². The van der Waals surface area contributed by atoms with E-state index in [0.29, 0.717) is 11.3 Å². The van der Waals surface area contributed by atoms with Gasteiger partial charge in [-0.1, -0.05) is 48.0 Å². The van der Waals surface area contributed by atoms with Gasteiger partial charge in [-0.2, -0.15) is 0 Å². The molecule has 1 aliphatic carbocycles. The molecule has 0 spiro atoms. The zero-order chi connectivity index (χ0) is 21.1. The molecule has 154 valence electrons. The van der Waals surface area contributed by atoms with Gasteiger partial charge in [-0.05, 0) is 67.6 Å². The van der Waals surface area contributed by atoms with Crippen molar-refractivity contribution < 1.29 is 13.2 Å². The lowest BCUT2D eigenvalue weighted by Gasteiger charge is -2.26. The van der Waals surface area contributed by atoms with Gasteiger partial charge in [0.2, 0.25) is 0 Å². The van der Waals surface area contributed by atoms with E-state index in [9.17, 15) is 13.2 Å². The van der Waals surface area contributed by atoms with Crippen LogP contribution in [0.2, 0.25) is 0 Å². The van der Waals surface area contributed by atoms with Crippen molar-refractivity contribution in [2.24, 2.45) is 0 Å². The Morgan fingerprint density at radius 1 is 0.967 bits per heavy atom. The lowest BCUT2D eigenvalue weighted by molar-refractivity contribution is 0.0932. The molecule has 0 aliphatic heterocycles. The molecule has 0 bridgehead atoms. The maximum atomic E-state index is 12.9. The van der Waals surface area contributed by atoms with Crippen molar-refractivity contribution in [1.82, 2.24) is 5.32 Å². The quantitative estimate of drug-likeness (QED) is 0.633. The van der Waals surface area contributed by atoms with Gasteiger partial charge < -0.3 is 5.32 Å². The molecule has 0 fully saturated rings. The average molecular weight is 421 g/mol. The van der Waals surface area contributed by atoms with Crippen LogP contribution in [0.4, 0.5) is 5.69 Å². The summed E-state index contributed by atoms with van der Waals surface area (Å²) in [4.78, 5) is 13.0. The van der Waals surface area contributed by atoms with Crippen LogP contribution in [0.3, 0.4) is 0 Å². The molecule has 1 atom stereocenters. The van der Waals surface area contributed by atoms with Gasteiger partial charge >= 0.3 is 0 Å². The van der Waals surface area contributed by atoms with Crippen LogP contribution in [-0.2, 0) is 16.4 Å². The standard InChI is InChI=1S/C24H24N2O3S/c1-17-12-14-21(15-13-17)30(28,29)26-20-9-4-8-19(16-20)24(27)25-23-11-5-7-18-6-2-3-10-22(18)23/h2-4,6,8-10,12-16,23,26H,5,7,11H2,1H3,(H,25,27)/t23-/m0/s1. The van der Waals surface area contributed by atoms with Crippen molar-refractivity contribution in [3.05, 3.63) is 95.1 Å². The summed E-state index contributed by atoms with van der Waals surface area (Å²) in [5, 5.41) is 3.10.